The third-order valence-electron chi connectivity index (χ3n) is 1.87. The van der Waals surface area contributed by atoms with E-state index in [4.69, 9.17) is 15.3 Å². The number of aryl methyl sites for hydroxylation is 1. The third-order valence-corrected chi connectivity index (χ3v) is 1.87. The maximum Gasteiger partial charge on any atom is 0.304 e. The van der Waals surface area contributed by atoms with Crippen LogP contribution in [0.1, 0.15) is 23.9 Å². The van der Waals surface area contributed by atoms with Crippen LogP contribution in [0.4, 0.5) is 0 Å². The molecule has 72 valence electrons. The largest absolute Gasteiger partial charge is 0.481 e. The van der Waals surface area contributed by atoms with Crippen LogP contribution >= 0.6 is 0 Å². The van der Waals surface area contributed by atoms with Crippen molar-refractivity contribution in [3.8, 4) is 0 Å². The van der Waals surface area contributed by atoms with Crippen molar-refractivity contribution in [1.82, 2.24) is 0 Å². The molecule has 0 aromatic carbocycles. The molecule has 1 aromatic heterocycles. The lowest BCUT2D eigenvalue weighted by Gasteiger charge is -2.07. The molecular weight excluding hydrogens is 170 g/mol. The zero-order valence-electron chi connectivity index (χ0n) is 7.49. The minimum atomic E-state index is -0.857. The molecule has 0 aliphatic heterocycles. The average molecular weight is 183 g/mol. The van der Waals surface area contributed by atoms with E-state index in [2.05, 4.69) is 0 Å². The van der Waals surface area contributed by atoms with E-state index in [1.807, 2.05) is 6.92 Å². The lowest BCUT2D eigenvalue weighted by atomic mass is 10.0. The van der Waals surface area contributed by atoms with Crippen molar-refractivity contribution in [2.24, 2.45) is 5.73 Å². The standard InChI is InChI=1S/C9H13NO3/c1-6-2-3-8(13-6)7(5-10)4-9(11)12/h2-3,7H,4-5,10H2,1H3,(H,11,12)/t7-/m0/s1. The zero-order valence-corrected chi connectivity index (χ0v) is 7.49. The summed E-state index contributed by atoms with van der Waals surface area (Å²) in [6.07, 6.45) is 0.0173. The van der Waals surface area contributed by atoms with Gasteiger partial charge in [-0.1, -0.05) is 0 Å². The Bertz CT molecular complexity index is 293. The first-order chi connectivity index (χ1) is 6.13. The molecule has 1 heterocycles. The summed E-state index contributed by atoms with van der Waals surface area (Å²) in [5.41, 5.74) is 5.44. The van der Waals surface area contributed by atoms with Gasteiger partial charge >= 0.3 is 5.97 Å². The molecule has 3 N–H and O–H groups in total. The van der Waals surface area contributed by atoms with Crippen LogP contribution in [0.5, 0.6) is 0 Å². The van der Waals surface area contributed by atoms with Gasteiger partial charge in [-0.2, -0.15) is 0 Å². The van der Waals surface area contributed by atoms with Crippen LogP contribution in [-0.4, -0.2) is 17.6 Å². The summed E-state index contributed by atoms with van der Waals surface area (Å²) in [5.74, 6) is 0.358. The van der Waals surface area contributed by atoms with Gasteiger partial charge in [0.05, 0.1) is 6.42 Å². The van der Waals surface area contributed by atoms with Gasteiger partial charge in [0.25, 0.3) is 0 Å². The van der Waals surface area contributed by atoms with Crippen molar-refractivity contribution in [1.29, 1.82) is 0 Å². The van der Waals surface area contributed by atoms with Crippen molar-refractivity contribution >= 4 is 5.97 Å². The Morgan fingerprint density at radius 2 is 2.38 bits per heavy atom. The number of carbonyl (C=O) groups is 1. The minimum absolute atomic E-state index is 0.0173. The SMILES string of the molecule is Cc1ccc([C@H](CN)CC(=O)O)o1. The monoisotopic (exact) mass is 183 g/mol. The van der Waals surface area contributed by atoms with E-state index in [-0.39, 0.29) is 12.3 Å². The molecule has 1 aromatic rings. The number of carboxylic acid groups (broad SMARTS) is 1. The molecule has 0 bridgehead atoms. The lowest BCUT2D eigenvalue weighted by Crippen LogP contribution is -2.15. The topological polar surface area (TPSA) is 76.5 Å². The number of rotatable bonds is 4. The molecule has 4 heteroatoms. The van der Waals surface area contributed by atoms with Gasteiger partial charge in [0.2, 0.25) is 0 Å². The molecule has 0 saturated heterocycles. The fourth-order valence-corrected chi connectivity index (χ4v) is 1.18. The highest BCUT2D eigenvalue weighted by Gasteiger charge is 2.16. The Balaban J connectivity index is 2.72. The fraction of sp³-hybridized carbons (Fsp3) is 0.444. The molecular formula is C9H13NO3. The van der Waals surface area contributed by atoms with Crippen LogP contribution in [0, 0.1) is 6.92 Å². The fourth-order valence-electron chi connectivity index (χ4n) is 1.18. The Kier molecular flexibility index (Phi) is 3.08. The second-order valence-electron chi connectivity index (χ2n) is 2.98. The summed E-state index contributed by atoms with van der Waals surface area (Å²) in [5, 5.41) is 8.59. The zero-order chi connectivity index (χ0) is 9.84. The van der Waals surface area contributed by atoms with Crippen molar-refractivity contribution in [2.45, 2.75) is 19.3 Å². The highest BCUT2D eigenvalue weighted by Crippen LogP contribution is 2.20. The number of nitrogens with two attached hydrogens (primary N) is 1. The maximum absolute atomic E-state index is 10.5. The lowest BCUT2D eigenvalue weighted by molar-refractivity contribution is -0.137. The van der Waals surface area contributed by atoms with Gasteiger partial charge in [0.15, 0.2) is 0 Å². The first-order valence-corrected chi connectivity index (χ1v) is 4.11. The molecule has 4 nitrogen and oxygen atoms in total. The average Bonchev–Trinajstić information content (AvgIpc) is 2.47. The molecule has 0 amide bonds. The molecule has 1 atom stereocenters. The summed E-state index contributed by atoms with van der Waals surface area (Å²) >= 11 is 0. The van der Waals surface area contributed by atoms with E-state index in [0.29, 0.717) is 12.3 Å². The summed E-state index contributed by atoms with van der Waals surface area (Å²) in [6.45, 7) is 2.11. The number of aliphatic carboxylic acids is 1. The first kappa shape index (κ1) is 9.80. The van der Waals surface area contributed by atoms with E-state index < -0.39 is 5.97 Å². The molecule has 0 aliphatic rings. The molecule has 0 spiro atoms. The van der Waals surface area contributed by atoms with Gasteiger partial charge in [-0.15, -0.1) is 0 Å². The van der Waals surface area contributed by atoms with Gasteiger partial charge in [-0.05, 0) is 19.1 Å². The predicted octanol–water partition coefficient (Wildman–Crippen LogP) is 1.11. The quantitative estimate of drug-likeness (QED) is 0.732. The Hall–Kier alpha value is -1.29. The summed E-state index contributed by atoms with van der Waals surface area (Å²) in [4.78, 5) is 10.5. The van der Waals surface area contributed by atoms with Crippen LogP contribution in [0.3, 0.4) is 0 Å². The van der Waals surface area contributed by atoms with E-state index in [9.17, 15) is 4.79 Å². The van der Waals surface area contributed by atoms with Gasteiger partial charge in [0.1, 0.15) is 11.5 Å². The van der Waals surface area contributed by atoms with Crippen LogP contribution in [0.25, 0.3) is 0 Å². The Labute approximate surface area is 76.3 Å². The summed E-state index contributed by atoms with van der Waals surface area (Å²) in [6, 6.07) is 3.58. The second kappa shape index (κ2) is 4.09. The minimum Gasteiger partial charge on any atom is -0.481 e. The Morgan fingerprint density at radius 3 is 2.77 bits per heavy atom. The molecule has 13 heavy (non-hydrogen) atoms. The predicted molar refractivity (Wildman–Crippen MR) is 47.5 cm³/mol. The molecule has 0 saturated carbocycles. The molecule has 0 radical (unpaired) electrons. The van der Waals surface area contributed by atoms with Crippen LogP contribution in [0.2, 0.25) is 0 Å². The van der Waals surface area contributed by atoms with Gasteiger partial charge < -0.3 is 15.3 Å². The van der Waals surface area contributed by atoms with Crippen LogP contribution in [-0.2, 0) is 4.79 Å². The summed E-state index contributed by atoms with van der Waals surface area (Å²) < 4.78 is 5.29. The van der Waals surface area contributed by atoms with E-state index >= 15 is 0 Å². The molecule has 0 aliphatic carbocycles. The van der Waals surface area contributed by atoms with Crippen molar-refractivity contribution in [3.63, 3.8) is 0 Å². The highest BCUT2D eigenvalue weighted by molar-refractivity contribution is 5.67. The second-order valence-corrected chi connectivity index (χ2v) is 2.98. The number of hydrogen-bond acceptors (Lipinski definition) is 3. The molecule has 1 rings (SSSR count). The molecule has 0 unspecified atom stereocenters. The van der Waals surface area contributed by atoms with Gasteiger partial charge in [-0.3, -0.25) is 4.79 Å². The van der Waals surface area contributed by atoms with Crippen molar-refractivity contribution in [3.05, 3.63) is 23.7 Å². The number of carboxylic acids is 1. The maximum atomic E-state index is 10.5. The van der Waals surface area contributed by atoms with Gasteiger partial charge in [-0.25, -0.2) is 0 Å². The highest BCUT2D eigenvalue weighted by atomic mass is 16.4. The van der Waals surface area contributed by atoms with Gasteiger partial charge in [0, 0.05) is 12.5 Å². The normalized spacial score (nSPS) is 12.8. The van der Waals surface area contributed by atoms with Crippen LogP contribution < -0.4 is 5.73 Å². The van der Waals surface area contributed by atoms with Crippen LogP contribution in [0.15, 0.2) is 16.5 Å². The van der Waals surface area contributed by atoms with E-state index in [0.717, 1.165) is 5.76 Å². The van der Waals surface area contributed by atoms with E-state index in [1.165, 1.54) is 0 Å². The first-order valence-electron chi connectivity index (χ1n) is 4.11. The Morgan fingerprint density at radius 1 is 1.69 bits per heavy atom. The van der Waals surface area contributed by atoms with Crippen molar-refractivity contribution < 1.29 is 14.3 Å². The van der Waals surface area contributed by atoms with E-state index in [1.54, 1.807) is 12.1 Å². The smallest absolute Gasteiger partial charge is 0.304 e. The number of furan rings is 1. The summed E-state index contributed by atoms with van der Waals surface area (Å²) in [7, 11) is 0. The third kappa shape index (κ3) is 2.59. The number of hydrogen-bond donors (Lipinski definition) is 2. The molecule has 0 fully saturated rings. The van der Waals surface area contributed by atoms with Crippen molar-refractivity contribution in [2.75, 3.05) is 6.54 Å².